The molecule has 0 saturated heterocycles. The molecule has 0 heterocycles. The Hall–Kier alpha value is -1.22. The van der Waals surface area contributed by atoms with Gasteiger partial charge in [-0.15, -0.1) is 0 Å². The molecule has 1 unspecified atom stereocenters. The molecule has 1 aromatic carbocycles. The quantitative estimate of drug-likeness (QED) is 0.770. The fraction of sp³-hybridized carbons (Fsp3) is 0.538. The Kier molecular flexibility index (Phi) is 5.72. The minimum absolute atomic E-state index is 0.413. The molecule has 0 amide bonds. The molecule has 0 aromatic heterocycles. The molecule has 16 heavy (non-hydrogen) atoms. The molecule has 3 nitrogen and oxygen atoms in total. The van der Waals surface area contributed by atoms with E-state index in [1.165, 1.54) is 0 Å². The van der Waals surface area contributed by atoms with Crippen molar-refractivity contribution in [1.82, 2.24) is 5.32 Å². The highest BCUT2D eigenvalue weighted by atomic mass is 16.5. The summed E-state index contributed by atoms with van der Waals surface area (Å²) in [6, 6.07) is 8.10. The maximum Gasteiger partial charge on any atom is 0.123 e. The van der Waals surface area contributed by atoms with Crippen LogP contribution in [0.5, 0.6) is 11.5 Å². The molecule has 0 aliphatic carbocycles. The maximum atomic E-state index is 5.71. The second-order valence-corrected chi connectivity index (χ2v) is 3.76. The highest BCUT2D eigenvalue weighted by Crippen LogP contribution is 2.19. The van der Waals surface area contributed by atoms with Gasteiger partial charge < -0.3 is 14.8 Å². The number of methoxy groups -OCH3 is 1. The lowest BCUT2D eigenvalue weighted by Crippen LogP contribution is -2.31. The van der Waals surface area contributed by atoms with Crippen LogP contribution in [-0.2, 0) is 0 Å². The van der Waals surface area contributed by atoms with Crippen LogP contribution in [0.25, 0.3) is 0 Å². The number of rotatable bonds is 7. The van der Waals surface area contributed by atoms with E-state index in [-0.39, 0.29) is 0 Å². The zero-order valence-electron chi connectivity index (χ0n) is 10.3. The Bertz CT molecular complexity index is 302. The van der Waals surface area contributed by atoms with Gasteiger partial charge in [-0.2, -0.15) is 0 Å². The molecule has 90 valence electrons. The Balaban J connectivity index is 2.46. The summed E-state index contributed by atoms with van der Waals surface area (Å²) in [4.78, 5) is 0. The summed E-state index contributed by atoms with van der Waals surface area (Å²) < 4.78 is 10.9. The molecular formula is C13H21NO2. The predicted octanol–water partition coefficient (Wildman–Crippen LogP) is 2.46. The van der Waals surface area contributed by atoms with E-state index in [9.17, 15) is 0 Å². The van der Waals surface area contributed by atoms with E-state index in [2.05, 4.69) is 12.2 Å². The van der Waals surface area contributed by atoms with Crippen LogP contribution in [0.1, 0.15) is 19.8 Å². The summed E-state index contributed by atoms with van der Waals surface area (Å²) in [6.45, 7) is 2.87. The van der Waals surface area contributed by atoms with Crippen LogP contribution in [0.15, 0.2) is 24.3 Å². The van der Waals surface area contributed by atoms with E-state index >= 15 is 0 Å². The van der Waals surface area contributed by atoms with E-state index in [4.69, 9.17) is 9.47 Å². The van der Waals surface area contributed by atoms with Crippen molar-refractivity contribution < 1.29 is 9.47 Å². The zero-order valence-corrected chi connectivity index (χ0v) is 10.3. The number of nitrogens with one attached hydrogen (secondary N) is 1. The second kappa shape index (κ2) is 7.12. The van der Waals surface area contributed by atoms with E-state index in [0.29, 0.717) is 12.6 Å². The number of likely N-dealkylation sites (N-methyl/N-ethyl adjacent to an activating group) is 1. The van der Waals surface area contributed by atoms with Gasteiger partial charge in [-0.1, -0.05) is 19.4 Å². The number of ether oxygens (including phenoxy) is 2. The number of benzene rings is 1. The highest BCUT2D eigenvalue weighted by Gasteiger charge is 2.05. The van der Waals surface area contributed by atoms with Crippen LogP contribution >= 0.6 is 0 Å². The normalized spacial score (nSPS) is 12.2. The van der Waals surface area contributed by atoms with Crippen molar-refractivity contribution in [1.29, 1.82) is 0 Å². The van der Waals surface area contributed by atoms with E-state index in [0.717, 1.165) is 24.3 Å². The van der Waals surface area contributed by atoms with E-state index in [1.807, 2.05) is 31.3 Å². The number of hydrogen-bond acceptors (Lipinski definition) is 3. The summed E-state index contributed by atoms with van der Waals surface area (Å²) in [5.74, 6) is 1.68. The summed E-state index contributed by atoms with van der Waals surface area (Å²) in [5, 5.41) is 3.25. The Labute approximate surface area is 97.8 Å². The van der Waals surface area contributed by atoms with Gasteiger partial charge in [0.1, 0.15) is 18.1 Å². The summed E-state index contributed by atoms with van der Waals surface area (Å²) in [5.41, 5.74) is 0. The first-order valence-electron chi connectivity index (χ1n) is 5.74. The average molecular weight is 223 g/mol. The standard InChI is InChI=1S/C13H21NO2/c1-4-6-11(14-2)10-16-13-8-5-7-12(9-13)15-3/h5,7-9,11,14H,4,6,10H2,1-3H3. The zero-order chi connectivity index (χ0) is 11.8. The molecule has 0 aliphatic rings. The molecule has 1 N–H and O–H groups in total. The third-order valence-corrected chi connectivity index (χ3v) is 2.54. The van der Waals surface area contributed by atoms with Crippen LogP contribution in [-0.4, -0.2) is 26.8 Å². The van der Waals surface area contributed by atoms with Crippen molar-refractivity contribution in [3.63, 3.8) is 0 Å². The van der Waals surface area contributed by atoms with Crippen LogP contribution in [0.2, 0.25) is 0 Å². The molecule has 0 saturated carbocycles. The fourth-order valence-electron chi connectivity index (χ4n) is 1.55. The molecule has 0 aliphatic heterocycles. The Morgan fingerprint density at radius 2 is 2.06 bits per heavy atom. The lowest BCUT2D eigenvalue weighted by Gasteiger charge is -2.16. The minimum Gasteiger partial charge on any atom is -0.497 e. The predicted molar refractivity (Wildman–Crippen MR) is 66.2 cm³/mol. The first-order chi connectivity index (χ1) is 7.80. The van der Waals surface area contributed by atoms with Gasteiger partial charge in [-0.25, -0.2) is 0 Å². The Morgan fingerprint density at radius 3 is 2.69 bits per heavy atom. The van der Waals surface area contributed by atoms with Gasteiger partial charge >= 0.3 is 0 Å². The van der Waals surface area contributed by atoms with Crippen LogP contribution in [0.3, 0.4) is 0 Å². The molecule has 0 fully saturated rings. The average Bonchev–Trinajstić information content (AvgIpc) is 2.34. The first kappa shape index (κ1) is 12.8. The SMILES string of the molecule is CCCC(COc1cccc(OC)c1)NC. The molecule has 1 aromatic rings. The summed E-state index contributed by atoms with van der Waals surface area (Å²) in [7, 11) is 3.63. The largest absolute Gasteiger partial charge is 0.497 e. The third-order valence-electron chi connectivity index (χ3n) is 2.54. The van der Waals surface area contributed by atoms with Gasteiger partial charge in [-0.05, 0) is 25.6 Å². The van der Waals surface area contributed by atoms with E-state index in [1.54, 1.807) is 7.11 Å². The van der Waals surface area contributed by atoms with Gasteiger partial charge in [0.05, 0.1) is 7.11 Å². The first-order valence-corrected chi connectivity index (χ1v) is 5.74. The van der Waals surface area contributed by atoms with Crippen molar-refractivity contribution in [3.05, 3.63) is 24.3 Å². The lowest BCUT2D eigenvalue weighted by atomic mass is 10.2. The highest BCUT2D eigenvalue weighted by molar-refractivity contribution is 5.32. The van der Waals surface area contributed by atoms with Crippen molar-refractivity contribution in [3.8, 4) is 11.5 Å². The van der Waals surface area contributed by atoms with Crippen molar-refractivity contribution in [2.75, 3.05) is 20.8 Å². The van der Waals surface area contributed by atoms with Crippen LogP contribution in [0, 0.1) is 0 Å². The molecule has 1 rings (SSSR count). The van der Waals surface area contributed by atoms with Crippen LogP contribution in [0.4, 0.5) is 0 Å². The third kappa shape index (κ3) is 4.11. The smallest absolute Gasteiger partial charge is 0.123 e. The molecule has 0 bridgehead atoms. The maximum absolute atomic E-state index is 5.71. The van der Waals surface area contributed by atoms with Gasteiger partial charge in [0.15, 0.2) is 0 Å². The monoisotopic (exact) mass is 223 g/mol. The summed E-state index contributed by atoms with van der Waals surface area (Å²) >= 11 is 0. The molecular weight excluding hydrogens is 202 g/mol. The van der Waals surface area contributed by atoms with Gasteiger partial charge in [0.25, 0.3) is 0 Å². The van der Waals surface area contributed by atoms with Gasteiger partial charge in [0.2, 0.25) is 0 Å². The van der Waals surface area contributed by atoms with E-state index < -0.39 is 0 Å². The topological polar surface area (TPSA) is 30.5 Å². The number of hydrogen-bond donors (Lipinski definition) is 1. The minimum atomic E-state index is 0.413. The lowest BCUT2D eigenvalue weighted by molar-refractivity contribution is 0.261. The second-order valence-electron chi connectivity index (χ2n) is 3.76. The van der Waals surface area contributed by atoms with Gasteiger partial charge in [-0.3, -0.25) is 0 Å². The van der Waals surface area contributed by atoms with Crippen molar-refractivity contribution in [2.24, 2.45) is 0 Å². The molecule has 0 spiro atoms. The Morgan fingerprint density at radius 1 is 1.31 bits per heavy atom. The van der Waals surface area contributed by atoms with Crippen molar-refractivity contribution >= 4 is 0 Å². The molecule has 3 heteroatoms. The molecule has 0 radical (unpaired) electrons. The van der Waals surface area contributed by atoms with Crippen LogP contribution < -0.4 is 14.8 Å². The van der Waals surface area contributed by atoms with Crippen molar-refractivity contribution in [2.45, 2.75) is 25.8 Å². The fourth-order valence-corrected chi connectivity index (χ4v) is 1.55. The van der Waals surface area contributed by atoms with Gasteiger partial charge in [0, 0.05) is 12.1 Å². The molecule has 1 atom stereocenters. The summed E-state index contributed by atoms with van der Waals surface area (Å²) in [6.07, 6.45) is 2.29.